The van der Waals surface area contributed by atoms with Crippen LogP contribution in [-0.2, 0) is 6.18 Å². The normalized spacial score (nSPS) is 12.7. The topological polar surface area (TPSA) is 65.7 Å². The van der Waals surface area contributed by atoms with Gasteiger partial charge in [-0.2, -0.15) is 22.9 Å². The monoisotopic (exact) mass is 495 g/mol. The maximum absolute atomic E-state index is 13.4. The number of ether oxygens (including phenoxy) is 2. The minimum absolute atomic E-state index is 0.00399. The molecule has 186 valence electrons. The first-order valence-electron chi connectivity index (χ1n) is 11.3. The van der Waals surface area contributed by atoms with Crippen LogP contribution in [0.25, 0.3) is 22.3 Å². The molecule has 9 heteroatoms. The van der Waals surface area contributed by atoms with Crippen molar-refractivity contribution in [2.45, 2.75) is 32.5 Å². The first-order chi connectivity index (χ1) is 17.2. The molecule has 3 aromatic carbocycles. The van der Waals surface area contributed by atoms with Crippen molar-refractivity contribution in [1.29, 1.82) is 0 Å². The summed E-state index contributed by atoms with van der Waals surface area (Å²) in [6.07, 6.45) is -2.31. The quantitative estimate of drug-likeness (QED) is 0.289. The SMILES string of the molecule is CC[C@@H](C)Oc1ccc(C=Nn2c(-c3cccc(C(F)(F)F)c3)nc3ccccc3c2=O)cc1OC. The van der Waals surface area contributed by atoms with Gasteiger partial charge in [0.15, 0.2) is 17.3 Å². The molecule has 4 aromatic rings. The van der Waals surface area contributed by atoms with Gasteiger partial charge in [-0.1, -0.05) is 31.2 Å². The lowest BCUT2D eigenvalue weighted by atomic mass is 10.1. The highest BCUT2D eigenvalue weighted by molar-refractivity contribution is 5.82. The summed E-state index contributed by atoms with van der Waals surface area (Å²) in [6, 6.07) is 16.4. The molecule has 0 spiro atoms. The molecular weight excluding hydrogens is 471 g/mol. The van der Waals surface area contributed by atoms with E-state index in [-0.39, 0.29) is 17.5 Å². The summed E-state index contributed by atoms with van der Waals surface area (Å²) in [7, 11) is 1.52. The van der Waals surface area contributed by atoms with Crippen LogP contribution in [0.3, 0.4) is 0 Å². The van der Waals surface area contributed by atoms with Crippen molar-refractivity contribution in [2.75, 3.05) is 7.11 Å². The number of hydrogen-bond acceptors (Lipinski definition) is 5. The van der Waals surface area contributed by atoms with Crippen molar-refractivity contribution in [1.82, 2.24) is 9.66 Å². The Bertz CT molecular complexity index is 1480. The number of hydrogen-bond donors (Lipinski definition) is 0. The minimum Gasteiger partial charge on any atom is -0.493 e. The van der Waals surface area contributed by atoms with E-state index in [0.29, 0.717) is 28.0 Å². The van der Waals surface area contributed by atoms with Crippen molar-refractivity contribution >= 4 is 17.1 Å². The zero-order valence-corrected chi connectivity index (χ0v) is 19.9. The fourth-order valence-corrected chi connectivity index (χ4v) is 3.54. The summed E-state index contributed by atoms with van der Waals surface area (Å²) in [5.74, 6) is 1.05. The fourth-order valence-electron chi connectivity index (χ4n) is 3.54. The number of benzene rings is 3. The zero-order chi connectivity index (χ0) is 25.9. The van der Waals surface area contributed by atoms with Gasteiger partial charge in [0, 0.05) is 5.56 Å². The first-order valence-corrected chi connectivity index (χ1v) is 11.3. The number of para-hydroxylation sites is 1. The van der Waals surface area contributed by atoms with Gasteiger partial charge in [-0.15, -0.1) is 0 Å². The van der Waals surface area contributed by atoms with E-state index < -0.39 is 17.3 Å². The predicted molar refractivity (Wildman–Crippen MR) is 133 cm³/mol. The van der Waals surface area contributed by atoms with Crippen LogP contribution >= 0.6 is 0 Å². The number of nitrogens with zero attached hydrogens (tertiary/aromatic N) is 3. The molecule has 0 aliphatic heterocycles. The Morgan fingerprint density at radius 1 is 1.06 bits per heavy atom. The molecule has 0 aliphatic rings. The Hall–Kier alpha value is -4.14. The lowest BCUT2D eigenvalue weighted by molar-refractivity contribution is -0.137. The molecule has 6 nitrogen and oxygen atoms in total. The van der Waals surface area contributed by atoms with Crippen LogP contribution in [0.15, 0.2) is 76.6 Å². The lowest BCUT2D eigenvalue weighted by Gasteiger charge is -2.15. The number of methoxy groups -OCH3 is 1. The second kappa shape index (κ2) is 10.2. The van der Waals surface area contributed by atoms with E-state index >= 15 is 0 Å². The molecule has 36 heavy (non-hydrogen) atoms. The Morgan fingerprint density at radius 3 is 2.56 bits per heavy atom. The van der Waals surface area contributed by atoms with Crippen LogP contribution in [0.2, 0.25) is 0 Å². The predicted octanol–water partition coefficient (Wildman–Crippen LogP) is 6.15. The summed E-state index contributed by atoms with van der Waals surface area (Å²) >= 11 is 0. The van der Waals surface area contributed by atoms with Gasteiger partial charge in [-0.3, -0.25) is 4.79 Å². The average Bonchev–Trinajstić information content (AvgIpc) is 2.88. The molecule has 0 bridgehead atoms. The van der Waals surface area contributed by atoms with E-state index in [1.807, 2.05) is 13.8 Å². The summed E-state index contributed by atoms with van der Waals surface area (Å²) in [4.78, 5) is 17.8. The van der Waals surface area contributed by atoms with E-state index in [1.165, 1.54) is 25.5 Å². The summed E-state index contributed by atoms with van der Waals surface area (Å²) in [5, 5.41) is 4.61. The first kappa shape index (κ1) is 25.0. The van der Waals surface area contributed by atoms with Gasteiger partial charge in [0.05, 0.1) is 35.9 Å². The van der Waals surface area contributed by atoms with E-state index in [1.54, 1.807) is 42.5 Å². The Kier molecular flexibility index (Phi) is 7.10. The molecule has 0 aliphatic carbocycles. The van der Waals surface area contributed by atoms with Crippen molar-refractivity contribution in [3.8, 4) is 22.9 Å². The van der Waals surface area contributed by atoms with Crippen LogP contribution in [0.5, 0.6) is 11.5 Å². The molecule has 0 saturated heterocycles. The standard InChI is InChI=1S/C27H24F3N3O3/c1-4-17(2)36-23-13-12-18(14-24(23)35-3)16-31-33-25(19-8-7-9-20(15-19)27(28,29)30)32-22-11-6-5-10-21(22)26(33)34/h5-17H,4H2,1-3H3/t17-/m1/s1. The van der Waals surface area contributed by atoms with E-state index in [9.17, 15) is 18.0 Å². The van der Waals surface area contributed by atoms with Crippen LogP contribution in [0.1, 0.15) is 31.4 Å². The molecule has 4 rings (SSSR count). The van der Waals surface area contributed by atoms with Crippen molar-refractivity contribution in [3.63, 3.8) is 0 Å². The minimum atomic E-state index is -4.54. The average molecular weight is 496 g/mol. The molecule has 1 heterocycles. The Labute approximate surface area is 205 Å². The zero-order valence-electron chi connectivity index (χ0n) is 19.9. The summed E-state index contributed by atoms with van der Waals surface area (Å²) in [5.41, 5.74) is -0.291. The maximum atomic E-state index is 13.4. The second-order valence-electron chi connectivity index (χ2n) is 8.14. The number of fused-ring (bicyclic) bond motifs is 1. The molecule has 0 unspecified atom stereocenters. The number of rotatable bonds is 7. The third-order valence-corrected chi connectivity index (χ3v) is 5.61. The third kappa shape index (κ3) is 5.25. The smallest absolute Gasteiger partial charge is 0.416 e. The van der Waals surface area contributed by atoms with Crippen molar-refractivity contribution in [3.05, 3.63) is 88.2 Å². The Morgan fingerprint density at radius 2 is 1.83 bits per heavy atom. The molecule has 1 atom stereocenters. The molecular formula is C27H24F3N3O3. The highest BCUT2D eigenvalue weighted by atomic mass is 19.4. The number of alkyl halides is 3. The summed E-state index contributed by atoms with van der Waals surface area (Å²) < 4.78 is 52.3. The molecule has 0 N–H and O–H groups in total. The maximum Gasteiger partial charge on any atom is 0.416 e. The molecule has 0 radical (unpaired) electrons. The van der Waals surface area contributed by atoms with Crippen LogP contribution < -0.4 is 15.0 Å². The van der Waals surface area contributed by atoms with E-state index in [0.717, 1.165) is 23.2 Å². The van der Waals surface area contributed by atoms with Crippen molar-refractivity contribution in [2.24, 2.45) is 5.10 Å². The van der Waals surface area contributed by atoms with Crippen LogP contribution in [-0.4, -0.2) is 29.1 Å². The largest absolute Gasteiger partial charge is 0.493 e. The van der Waals surface area contributed by atoms with Crippen LogP contribution in [0, 0.1) is 0 Å². The number of aromatic nitrogens is 2. The molecule has 0 saturated carbocycles. The third-order valence-electron chi connectivity index (χ3n) is 5.61. The van der Waals surface area contributed by atoms with Gasteiger partial charge in [0.2, 0.25) is 0 Å². The summed E-state index contributed by atoms with van der Waals surface area (Å²) in [6.45, 7) is 3.96. The van der Waals surface area contributed by atoms with Gasteiger partial charge < -0.3 is 9.47 Å². The molecule has 0 amide bonds. The Balaban J connectivity index is 1.83. The van der Waals surface area contributed by atoms with Crippen molar-refractivity contribution < 1.29 is 22.6 Å². The van der Waals surface area contributed by atoms with Gasteiger partial charge >= 0.3 is 6.18 Å². The highest BCUT2D eigenvalue weighted by Gasteiger charge is 2.31. The molecule has 1 aromatic heterocycles. The van der Waals surface area contributed by atoms with Gasteiger partial charge in [0.25, 0.3) is 5.56 Å². The number of halogens is 3. The fraction of sp³-hybridized carbons (Fsp3) is 0.222. The van der Waals surface area contributed by atoms with Gasteiger partial charge in [-0.25, -0.2) is 4.98 Å². The molecule has 0 fully saturated rings. The highest BCUT2D eigenvalue weighted by Crippen LogP contribution is 2.32. The van der Waals surface area contributed by atoms with E-state index in [4.69, 9.17) is 9.47 Å². The van der Waals surface area contributed by atoms with E-state index in [2.05, 4.69) is 10.1 Å². The second-order valence-corrected chi connectivity index (χ2v) is 8.14. The van der Waals surface area contributed by atoms with Crippen LogP contribution in [0.4, 0.5) is 13.2 Å². The van der Waals surface area contributed by atoms with Gasteiger partial charge in [0.1, 0.15) is 0 Å². The van der Waals surface area contributed by atoms with Gasteiger partial charge in [-0.05, 0) is 61.4 Å². The lowest BCUT2D eigenvalue weighted by Crippen LogP contribution is -2.20.